The van der Waals surface area contributed by atoms with E-state index in [1.165, 1.54) is 16.9 Å². The lowest BCUT2D eigenvalue weighted by atomic mass is 10.1. The SMILES string of the molecule is CCCNC(C)c1ccc(Sc2nncs2)c(Cl)c1. The van der Waals surface area contributed by atoms with Crippen molar-refractivity contribution in [1.82, 2.24) is 15.5 Å². The molecule has 0 radical (unpaired) electrons. The van der Waals surface area contributed by atoms with Crippen LogP contribution in [0.3, 0.4) is 0 Å². The summed E-state index contributed by atoms with van der Waals surface area (Å²) < 4.78 is 0.909. The predicted octanol–water partition coefficient (Wildman–Crippen LogP) is 4.40. The van der Waals surface area contributed by atoms with Crippen molar-refractivity contribution in [3.63, 3.8) is 0 Å². The lowest BCUT2D eigenvalue weighted by Gasteiger charge is -2.14. The number of hydrogen-bond acceptors (Lipinski definition) is 5. The van der Waals surface area contributed by atoms with E-state index in [0.717, 1.165) is 27.2 Å². The van der Waals surface area contributed by atoms with Crippen LogP contribution in [-0.2, 0) is 0 Å². The average Bonchev–Trinajstić information content (AvgIpc) is 2.91. The minimum absolute atomic E-state index is 0.318. The molecule has 0 aliphatic heterocycles. The Morgan fingerprint density at radius 3 is 2.95 bits per heavy atom. The zero-order chi connectivity index (χ0) is 13.7. The van der Waals surface area contributed by atoms with Crippen molar-refractivity contribution in [2.75, 3.05) is 6.54 Å². The van der Waals surface area contributed by atoms with Gasteiger partial charge in [-0.3, -0.25) is 0 Å². The number of benzene rings is 1. The molecule has 0 aliphatic carbocycles. The second-order valence-corrected chi connectivity index (χ2v) is 6.70. The number of aromatic nitrogens is 2. The summed E-state index contributed by atoms with van der Waals surface area (Å²) in [6.45, 7) is 5.33. The maximum atomic E-state index is 6.33. The summed E-state index contributed by atoms with van der Waals surface area (Å²) in [4.78, 5) is 1.02. The molecule has 2 aromatic rings. The van der Waals surface area contributed by atoms with Gasteiger partial charge in [-0.1, -0.05) is 47.7 Å². The Morgan fingerprint density at radius 2 is 2.32 bits per heavy atom. The molecule has 1 aromatic heterocycles. The molecule has 0 bridgehead atoms. The smallest absolute Gasteiger partial charge is 0.178 e. The highest BCUT2D eigenvalue weighted by molar-refractivity contribution is 8.01. The number of rotatable bonds is 6. The monoisotopic (exact) mass is 313 g/mol. The van der Waals surface area contributed by atoms with E-state index >= 15 is 0 Å². The van der Waals surface area contributed by atoms with Gasteiger partial charge in [-0.25, -0.2) is 0 Å². The lowest BCUT2D eigenvalue weighted by molar-refractivity contribution is 0.570. The molecule has 102 valence electrons. The molecule has 1 atom stereocenters. The Kier molecular flexibility index (Phi) is 5.63. The molecule has 0 aliphatic rings. The van der Waals surface area contributed by atoms with Gasteiger partial charge in [-0.2, -0.15) is 0 Å². The van der Waals surface area contributed by atoms with E-state index in [0.29, 0.717) is 6.04 Å². The molecule has 19 heavy (non-hydrogen) atoms. The van der Waals surface area contributed by atoms with Crippen LogP contribution >= 0.6 is 34.7 Å². The van der Waals surface area contributed by atoms with Crippen LogP contribution in [0.4, 0.5) is 0 Å². The summed E-state index contributed by atoms with van der Waals surface area (Å²) in [5, 5.41) is 12.1. The first kappa shape index (κ1) is 14.8. The molecule has 1 aromatic carbocycles. The third-order valence-electron chi connectivity index (χ3n) is 2.69. The van der Waals surface area contributed by atoms with Crippen molar-refractivity contribution in [2.24, 2.45) is 0 Å². The minimum atomic E-state index is 0.318. The third kappa shape index (κ3) is 4.18. The van der Waals surface area contributed by atoms with Crippen LogP contribution in [0, 0.1) is 0 Å². The van der Waals surface area contributed by atoms with Gasteiger partial charge in [0.15, 0.2) is 4.34 Å². The van der Waals surface area contributed by atoms with Gasteiger partial charge in [0.05, 0.1) is 5.02 Å². The molecule has 1 heterocycles. The van der Waals surface area contributed by atoms with Crippen molar-refractivity contribution >= 4 is 34.7 Å². The standard InChI is InChI=1S/C13H16ClN3S2/c1-3-6-15-9(2)10-4-5-12(11(14)7-10)19-13-17-16-8-18-13/h4-5,7-9,15H,3,6H2,1-2H3. The second-order valence-electron chi connectivity index (χ2n) is 4.17. The van der Waals surface area contributed by atoms with Gasteiger partial charge in [-0.15, -0.1) is 10.2 Å². The molecule has 0 saturated carbocycles. The predicted molar refractivity (Wildman–Crippen MR) is 82.2 cm³/mol. The number of nitrogens with zero attached hydrogens (tertiary/aromatic N) is 2. The Morgan fingerprint density at radius 1 is 1.47 bits per heavy atom. The van der Waals surface area contributed by atoms with Crippen LogP contribution in [0.25, 0.3) is 0 Å². The van der Waals surface area contributed by atoms with Crippen LogP contribution in [0.15, 0.2) is 32.9 Å². The average molecular weight is 314 g/mol. The Hall–Kier alpha value is -0.620. The van der Waals surface area contributed by atoms with Crippen LogP contribution in [-0.4, -0.2) is 16.7 Å². The fraction of sp³-hybridized carbons (Fsp3) is 0.385. The second kappa shape index (κ2) is 7.24. The summed E-state index contributed by atoms with van der Waals surface area (Å²) in [5.41, 5.74) is 2.93. The highest BCUT2D eigenvalue weighted by Crippen LogP contribution is 2.35. The molecular weight excluding hydrogens is 298 g/mol. The van der Waals surface area contributed by atoms with Crippen molar-refractivity contribution in [3.05, 3.63) is 34.3 Å². The van der Waals surface area contributed by atoms with E-state index in [1.54, 1.807) is 17.3 Å². The van der Waals surface area contributed by atoms with E-state index in [-0.39, 0.29) is 0 Å². The van der Waals surface area contributed by atoms with Crippen LogP contribution in [0.1, 0.15) is 31.9 Å². The fourth-order valence-corrected chi connectivity index (χ4v) is 3.39. The first-order valence-electron chi connectivity index (χ1n) is 6.17. The summed E-state index contributed by atoms with van der Waals surface area (Å²) in [6, 6.07) is 6.51. The van der Waals surface area contributed by atoms with Gasteiger partial charge in [-0.05, 0) is 37.6 Å². The van der Waals surface area contributed by atoms with Crippen molar-refractivity contribution in [1.29, 1.82) is 0 Å². The van der Waals surface area contributed by atoms with Crippen LogP contribution in [0.2, 0.25) is 5.02 Å². The van der Waals surface area contributed by atoms with Gasteiger partial charge in [0.25, 0.3) is 0 Å². The molecule has 6 heteroatoms. The van der Waals surface area contributed by atoms with Gasteiger partial charge in [0.2, 0.25) is 0 Å². The first-order valence-corrected chi connectivity index (χ1v) is 8.25. The maximum Gasteiger partial charge on any atom is 0.178 e. The summed E-state index contributed by atoms with van der Waals surface area (Å²) in [5.74, 6) is 0. The fourth-order valence-electron chi connectivity index (χ4n) is 1.65. The topological polar surface area (TPSA) is 37.8 Å². The molecule has 0 amide bonds. The molecule has 1 unspecified atom stereocenters. The van der Waals surface area contributed by atoms with E-state index in [1.807, 2.05) is 12.1 Å². The van der Waals surface area contributed by atoms with Gasteiger partial charge in [0.1, 0.15) is 5.51 Å². The molecule has 0 fully saturated rings. The van der Waals surface area contributed by atoms with Gasteiger partial charge < -0.3 is 5.32 Å². The minimum Gasteiger partial charge on any atom is -0.310 e. The zero-order valence-corrected chi connectivity index (χ0v) is 13.3. The maximum absolute atomic E-state index is 6.33. The molecular formula is C13H16ClN3S2. The summed E-state index contributed by atoms with van der Waals surface area (Å²) in [6.07, 6.45) is 1.13. The summed E-state index contributed by atoms with van der Waals surface area (Å²) >= 11 is 9.40. The van der Waals surface area contributed by atoms with E-state index in [9.17, 15) is 0 Å². The zero-order valence-electron chi connectivity index (χ0n) is 10.9. The van der Waals surface area contributed by atoms with Crippen LogP contribution in [0.5, 0.6) is 0 Å². The molecule has 3 nitrogen and oxygen atoms in total. The normalized spacial score (nSPS) is 12.6. The molecule has 0 saturated heterocycles. The van der Waals surface area contributed by atoms with Crippen LogP contribution < -0.4 is 5.32 Å². The van der Waals surface area contributed by atoms with Gasteiger partial charge in [0, 0.05) is 10.9 Å². The number of halogens is 1. The Balaban J connectivity index is 2.08. The van der Waals surface area contributed by atoms with E-state index < -0.39 is 0 Å². The molecule has 1 N–H and O–H groups in total. The Labute approximate surface area is 126 Å². The Bertz CT molecular complexity index is 517. The van der Waals surface area contributed by atoms with Crippen molar-refractivity contribution < 1.29 is 0 Å². The number of nitrogens with one attached hydrogen (secondary N) is 1. The molecule has 2 rings (SSSR count). The van der Waals surface area contributed by atoms with Gasteiger partial charge >= 0.3 is 0 Å². The first-order chi connectivity index (χ1) is 9.20. The molecule has 0 spiro atoms. The highest BCUT2D eigenvalue weighted by atomic mass is 35.5. The van der Waals surface area contributed by atoms with E-state index in [2.05, 4.69) is 35.4 Å². The highest BCUT2D eigenvalue weighted by Gasteiger charge is 2.09. The van der Waals surface area contributed by atoms with Crippen molar-refractivity contribution in [2.45, 2.75) is 35.5 Å². The quantitative estimate of drug-likeness (QED) is 0.857. The number of hydrogen-bond donors (Lipinski definition) is 1. The largest absolute Gasteiger partial charge is 0.310 e. The lowest BCUT2D eigenvalue weighted by Crippen LogP contribution is -2.19. The third-order valence-corrected chi connectivity index (χ3v) is 4.97. The summed E-state index contributed by atoms with van der Waals surface area (Å²) in [7, 11) is 0. The van der Waals surface area contributed by atoms with Crippen molar-refractivity contribution in [3.8, 4) is 0 Å². The van der Waals surface area contributed by atoms with E-state index in [4.69, 9.17) is 11.6 Å².